The Morgan fingerprint density at radius 3 is 1.91 bits per heavy atom. The fourth-order valence-corrected chi connectivity index (χ4v) is 4.42. The molecule has 0 saturated heterocycles. The zero-order valence-electron chi connectivity index (χ0n) is 18.8. The number of aryl methyl sites for hydroxylation is 2. The molecule has 0 unspecified atom stereocenters. The number of nitrogens with zero attached hydrogens (tertiary/aromatic N) is 1. The van der Waals surface area contributed by atoms with Crippen LogP contribution in [0.2, 0.25) is 0 Å². The molecule has 0 radical (unpaired) electrons. The Balaban J connectivity index is 2.36. The van der Waals surface area contributed by atoms with E-state index in [1.54, 1.807) is 13.8 Å². The molecular weight excluding hydrogens is 404 g/mol. The third-order valence-corrected chi connectivity index (χ3v) is 5.97. The van der Waals surface area contributed by atoms with Gasteiger partial charge in [-0.15, -0.1) is 0 Å². The number of nitrogens with two attached hydrogens (primary N) is 1. The molecule has 1 aliphatic carbocycles. The summed E-state index contributed by atoms with van der Waals surface area (Å²) in [6.07, 6.45) is 0. The van der Waals surface area contributed by atoms with Crippen LogP contribution in [-0.2, 0) is 19.1 Å². The summed E-state index contributed by atoms with van der Waals surface area (Å²) >= 11 is 0. The Bertz CT molecular complexity index is 1080. The molecule has 3 atom stereocenters. The molecule has 6 nitrogen and oxygen atoms in total. The molecule has 0 fully saturated rings. The number of nitriles is 1. The van der Waals surface area contributed by atoms with Gasteiger partial charge >= 0.3 is 11.9 Å². The molecule has 0 saturated carbocycles. The maximum absolute atomic E-state index is 13.3. The van der Waals surface area contributed by atoms with Crippen LogP contribution in [-0.4, -0.2) is 25.2 Å². The normalized spacial score (nSPS) is 22.3. The highest BCUT2D eigenvalue weighted by molar-refractivity contribution is 5.98. The number of rotatable bonds is 6. The SMILES string of the molecule is CCOC(=O)C1=C(N)[C@](C#N)(C(=O)OCC)[C@@H](c2ccc(C)cc2)[C@@H]1c1ccc(C)cc1. The molecule has 0 amide bonds. The molecule has 2 N–H and O–H groups in total. The predicted octanol–water partition coefficient (Wildman–Crippen LogP) is 4.03. The van der Waals surface area contributed by atoms with E-state index in [2.05, 4.69) is 6.07 Å². The van der Waals surface area contributed by atoms with Crippen LogP contribution in [0.15, 0.2) is 59.8 Å². The van der Waals surface area contributed by atoms with Crippen molar-refractivity contribution in [3.63, 3.8) is 0 Å². The van der Waals surface area contributed by atoms with Crippen molar-refractivity contribution in [1.82, 2.24) is 0 Å². The Morgan fingerprint density at radius 2 is 1.44 bits per heavy atom. The molecular formula is C26H28N2O4. The minimum atomic E-state index is -1.86. The fraction of sp³-hybridized carbons (Fsp3) is 0.346. The number of hydrogen-bond donors (Lipinski definition) is 1. The van der Waals surface area contributed by atoms with Gasteiger partial charge in [-0.2, -0.15) is 5.26 Å². The first-order valence-corrected chi connectivity index (χ1v) is 10.7. The van der Waals surface area contributed by atoms with E-state index in [0.29, 0.717) is 0 Å². The summed E-state index contributed by atoms with van der Waals surface area (Å²) in [4.78, 5) is 26.4. The second-order valence-electron chi connectivity index (χ2n) is 7.96. The highest BCUT2D eigenvalue weighted by Crippen LogP contribution is 2.59. The van der Waals surface area contributed by atoms with Crippen molar-refractivity contribution in [3.8, 4) is 6.07 Å². The van der Waals surface area contributed by atoms with E-state index in [1.165, 1.54) is 0 Å². The Hall–Kier alpha value is -3.59. The van der Waals surface area contributed by atoms with Gasteiger partial charge in [0.15, 0.2) is 0 Å². The largest absolute Gasteiger partial charge is 0.464 e. The van der Waals surface area contributed by atoms with Gasteiger partial charge in [0.05, 0.1) is 30.6 Å². The quantitative estimate of drug-likeness (QED) is 0.691. The third kappa shape index (κ3) is 3.75. The van der Waals surface area contributed by atoms with E-state index >= 15 is 0 Å². The van der Waals surface area contributed by atoms with Crippen LogP contribution in [0.25, 0.3) is 0 Å². The molecule has 0 aromatic heterocycles. The number of ether oxygens (including phenoxy) is 2. The summed E-state index contributed by atoms with van der Waals surface area (Å²) in [6.45, 7) is 7.51. The average molecular weight is 433 g/mol. The van der Waals surface area contributed by atoms with E-state index < -0.39 is 29.2 Å². The average Bonchev–Trinajstić information content (AvgIpc) is 3.04. The topological polar surface area (TPSA) is 102 Å². The first-order valence-electron chi connectivity index (χ1n) is 10.7. The number of esters is 2. The second kappa shape index (κ2) is 9.27. The first-order chi connectivity index (χ1) is 15.3. The highest BCUT2D eigenvalue weighted by atomic mass is 16.5. The zero-order chi connectivity index (χ0) is 23.5. The van der Waals surface area contributed by atoms with E-state index in [-0.39, 0.29) is 24.5 Å². The summed E-state index contributed by atoms with van der Waals surface area (Å²) < 4.78 is 10.6. The Labute approximate surface area is 188 Å². The first kappa shape index (κ1) is 23.1. The molecule has 6 heteroatoms. The maximum atomic E-state index is 13.3. The molecule has 0 heterocycles. The van der Waals surface area contributed by atoms with Crippen LogP contribution in [0.5, 0.6) is 0 Å². The van der Waals surface area contributed by atoms with Crippen LogP contribution in [0.1, 0.15) is 47.9 Å². The summed E-state index contributed by atoms with van der Waals surface area (Å²) in [7, 11) is 0. The second-order valence-corrected chi connectivity index (χ2v) is 7.96. The smallest absolute Gasteiger partial charge is 0.336 e. The third-order valence-electron chi connectivity index (χ3n) is 5.97. The van der Waals surface area contributed by atoms with Crippen molar-refractivity contribution < 1.29 is 19.1 Å². The van der Waals surface area contributed by atoms with Gasteiger partial charge in [0.25, 0.3) is 0 Å². The number of carbonyl (C=O) groups is 2. The monoisotopic (exact) mass is 432 g/mol. The van der Waals surface area contributed by atoms with E-state index in [9.17, 15) is 14.9 Å². The Kier molecular flexibility index (Phi) is 6.69. The van der Waals surface area contributed by atoms with Crippen LogP contribution < -0.4 is 5.73 Å². The van der Waals surface area contributed by atoms with Gasteiger partial charge in [0, 0.05) is 11.8 Å². The van der Waals surface area contributed by atoms with E-state index in [0.717, 1.165) is 22.3 Å². The van der Waals surface area contributed by atoms with Gasteiger partial charge in [-0.25, -0.2) is 9.59 Å². The Morgan fingerprint density at radius 1 is 0.938 bits per heavy atom. The van der Waals surface area contributed by atoms with Gasteiger partial charge in [-0.05, 0) is 38.8 Å². The summed E-state index contributed by atoms with van der Waals surface area (Å²) in [5.41, 5.74) is 8.25. The minimum absolute atomic E-state index is 0.0834. The lowest BCUT2D eigenvalue weighted by molar-refractivity contribution is -0.151. The molecule has 0 bridgehead atoms. The van der Waals surface area contributed by atoms with Crippen LogP contribution in [0.3, 0.4) is 0 Å². The fourth-order valence-electron chi connectivity index (χ4n) is 4.42. The molecule has 32 heavy (non-hydrogen) atoms. The zero-order valence-corrected chi connectivity index (χ0v) is 18.8. The van der Waals surface area contributed by atoms with Gasteiger partial charge in [0.1, 0.15) is 0 Å². The summed E-state index contributed by atoms with van der Waals surface area (Å²) in [6, 6.07) is 17.4. The number of benzene rings is 2. The maximum Gasteiger partial charge on any atom is 0.336 e. The number of hydrogen-bond acceptors (Lipinski definition) is 6. The number of carbonyl (C=O) groups excluding carboxylic acids is 2. The van der Waals surface area contributed by atoms with Crippen LogP contribution in [0, 0.1) is 30.6 Å². The highest BCUT2D eigenvalue weighted by Gasteiger charge is 2.62. The molecule has 3 rings (SSSR count). The van der Waals surface area contributed by atoms with E-state index in [4.69, 9.17) is 15.2 Å². The lowest BCUT2D eigenvalue weighted by Gasteiger charge is -2.32. The van der Waals surface area contributed by atoms with Crippen molar-refractivity contribution in [2.75, 3.05) is 13.2 Å². The molecule has 0 spiro atoms. The molecule has 1 aliphatic rings. The van der Waals surface area contributed by atoms with Crippen LogP contribution >= 0.6 is 0 Å². The van der Waals surface area contributed by atoms with Crippen molar-refractivity contribution in [3.05, 3.63) is 82.1 Å². The molecule has 2 aromatic carbocycles. The molecule has 0 aliphatic heterocycles. The van der Waals surface area contributed by atoms with Crippen molar-refractivity contribution >= 4 is 11.9 Å². The molecule has 2 aromatic rings. The van der Waals surface area contributed by atoms with Crippen molar-refractivity contribution in [1.29, 1.82) is 5.26 Å². The van der Waals surface area contributed by atoms with Gasteiger partial charge in [-0.3, -0.25) is 0 Å². The van der Waals surface area contributed by atoms with E-state index in [1.807, 2.05) is 62.4 Å². The summed E-state index contributed by atoms with van der Waals surface area (Å²) in [5, 5.41) is 10.4. The minimum Gasteiger partial charge on any atom is -0.464 e. The van der Waals surface area contributed by atoms with Gasteiger partial charge < -0.3 is 15.2 Å². The lowest BCUT2D eigenvalue weighted by Crippen LogP contribution is -2.40. The predicted molar refractivity (Wildman–Crippen MR) is 120 cm³/mol. The standard InChI is InChI=1S/C26H28N2O4/c1-5-31-24(29)21-20(18-11-7-16(3)8-12-18)22(19-13-9-17(4)10-14-19)26(15-27,23(21)28)25(30)32-6-2/h7-14,20,22H,5-6,28H2,1-4H3/t20-,22+,26-/m1/s1. The lowest BCUT2D eigenvalue weighted by atomic mass is 9.68. The summed E-state index contributed by atoms with van der Waals surface area (Å²) in [5.74, 6) is -2.80. The van der Waals surface area contributed by atoms with Gasteiger partial charge in [-0.1, -0.05) is 59.7 Å². The van der Waals surface area contributed by atoms with Crippen molar-refractivity contribution in [2.45, 2.75) is 39.5 Å². The van der Waals surface area contributed by atoms with Crippen LogP contribution in [0.4, 0.5) is 0 Å². The van der Waals surface area contributed by atoms with Crippen molar-refractivity contribution in [2.24, 2.45) is 11.1 Å². The molecule has 166 valence electrons. The van der Waals surface area contributed by atoms with Gasteiger partial charge in [0.2, 0.25) is 5.41 Å².